The lowest BCUT2D eigenvalue weighted by molar-refractivity contribution is 0.151. The average Bonchev–Trinajstić information content (AvgIpc) is 2.43. The van der Waals surface area contributed by atoms with Gasteiger partial charge in [0.15, 0.2) is 0 Å². The van der Waals surface area contributed by atoms with E-state index < -0.39 is 0 Å². The fourth-order valence-electron chi connectivity index (χ4n) is 1.90. The quantitative estimate of drug-likeness (QED) is 0.802. The summed E-state index contributed by atoms with van der Waals surface area (Å²) < 4.78 is 5.37. The molecule has 1 aromatic rings. The molecule has 2 heteroatoms. The summed E-state index contributed by atoms with van der Waals surface area (Å²) in [5.41, 5.74) is 2.44. The maximum atomic E-state index is 9.22. The molecule has 0 aromatic heterocycles. The second-order valence-corrected chi connectivity index (χ2v) is 5.69. The molecule has 1 N–H and O–H groups in total. The fraction of sp³-hybridized carbons (Fsp3) is 0.529. The molecular formula is C17H26O2. The zero-order valence-electron chi connectivity index (χ0n) is 12.6. The minimum absolute atomic E-state index is 0.000305. The van der Waals surface area contributed by atoms with Gasteiger partial charge in [0.25, 0.3) is 0 Å². The third-order valence-electron chi connectivity index (χ3n) is 3.42. The molecule has 0 fully saturated rings. The first-order chi connectivity index (χ1) is 9.02. The van der Waals surface area contributed by atoms with Gasteiger partial charge in [-0.3, -0.25) is 0 Å². The summed E-state index contributed by atoms with van der Waals surface area (Å²) in [4.78, 5) is 0. The normalized spacial score (nSPS) is 12.1. The topological polar surface area (TPSA) is 29.5 Å². The lowest BCUT2D eigenvalue weighted by Crippen LogP contribution is -2.15. The Bertz CT molecular complexity index is 419. The summed E-state index contributed by atoms with van der Waals surface area (Å²) in [5, 5.41) is 9.22. The molecule has 0 heterocycles. The van der Waals surface area contributed by atoms with Crippen molar-refractivity contribution in [3.05, 3.63) is 35.4 Å². The van der Waals surface area contributed by atoms with E-state index in [1.165, 1.54) is 5.56 Å². The molecule has 0 saturated carbocycles. The van der Waals surface area contributed by atoms with Crippen LogP contribution in [-0.2, 0) is 6.42 Å². The monoisotopic (exact) mass is 262 g/mol. The zero-order chi connectivity index (χ0) is 14.3. The van der Waals surface area contributed by atoms with E-state index in [9.17, 15) is 5.11 Å². The van der Waals surface area contributed by atoms with Crippen molar-refractivity contribution in [3.63, 3.8) is 0 Å². The highest BCUT2D eigenvalue weighted by molar-refractivity contribution is 5.58. The van der Waals surface area contributed by atoms with Crippen molar-refractivity contribution in [2.24, 2.45) is 5.41 Å². The minimum Gasteiger partial charge on any atom is -0.496 e. The Hall–Kier alpha value is -1.28. The van der Waals surface area contributed by atoms with Crippen molar-refractivity contribution >= 4 is 6.08 Å². The van der Waals surface area contributed by atoms with Crippen LogP contribution in [0.2, 0.25) is 0 Å². The third kappa shape index (κ3) is 5.07. The van der Waals surface area contributed by atoms with E-state index in [1.54, 1.807) is 7.11 Å². The highest BCUT2D eigenvalue weighted by Crippen LogP contribution is 2.24. The Morgan fingerprint density at radius 2 is 2.05 bits per heavy atom. The number of methoxy groups -OCH3 is 1. The smallest absolute Gasteiger partial charge is 0.126 e. The van der Waals surface area contributed by atoms with Crippen LogP contribution in [0.4, 0.5) is 0 Å². The number of rotatable bonds is 7. The molecule has 0 spiro atoms. The highest BCUT2D eigenvalue weighted by atomic mass is 16.5. The Balaban J connectivity index is 2.70. The predicted octanol–water partition coefficient (Wildman–Crippen LogP) is 4.07. The van der Waals surface area contributed by atoms with Gasteiger partial charge in [-0.05, 0) is 42.4 Å². The van der Waals surface area contributed by atoms with E-state index >= 15 is 0 Å². The Morgan fingerprint density at radius 3 is 2.63 bits per heavy atom. The van der Waals surface area contributed by atoms with E-state index in [0.717, 1.165) is 30.6 Å². The van der Waals surface area contributed by atoms with Crippen LogP contribution in [0.15, 0.2) is 24.3 Å². The second kappa shape index (κ2) is 7.34. The Labute approximate surface area is 117 Å². The van der Waals surface area contributed by atoms with Gasteiger partial charge in [-0.1, -0.05) is 39.0 Å². The molecule has 19 heavy (non-hydrogen) atoms. The molecule has 0 aliphatic carbocycles. The average molecular weight is 262 g/mol. The third-order valence-corrected chi connectivity index (χ3v) is 3.42. The van der Waals surface area contributed by atoms with Gasteiger partial charge in [-0.2, -0.15) is 0 Å². The van der Waals surface area contributed by atoms with Crippen LogP contribution in [0.5, 0.6) is 5.75 Å². The van der Waals surface area contributed by atoms with Gasteiger partial charge < -0.3 is 9.84 Å². The maximum Gasteiger partial charge on any atom is 0.126 e. The van der Waals surface area contributed by atoms with E-state index in [-0.39, 0.29) is 12.0 Å². The number of aryl methyl sites for hydroxylation is 1. The summed E-state index contributed by atoms with van der Waals surface area (Å²) in [6.07, 6.45) is 7.26. The van der Waals surface area contributed by atoms with E-state index in [0.29, 0.717) is 0 Å². The van der Waals surface area contributed by atoms with Crippen LogP contribution in [-0.4, -0.2) is 18.8 Å². The fourth-order valence-corrected chi connectivity index (χ4v) is 1.90. The van der Waals surface area contributed by atoms with Crippen LogP contribution >= 0.6 is 0 Å². The predicted molar refractivity (Wildman–Crippen MR) is 81.5 cm³/mol. The highest BCUT2D eigenvalue weighted by Gasteiger charge is 2.14. The number of hydrogen-bond acceptors (Lipinski definition) is 2. The summed E-state index contributed by atoms with van der Waals surface area (Å²) in [6, 6.07) is 6.30. The Kier molecular flexibility index (Phi) is 6.10. The summed E-state index contributed by atoms with van der Waals surface area (Å²) >= 11 is 0. The van der Waals surface area contributed by atoms with Crippen LogP contribution in [0.25, 0.3) is 6.08 Å². The molecule has 0 radical (unpaired) electrons. The first kappa shape index (κ1) is 15.8. The lowest BCUT2D eigenvalue weighted by Gasteiger charge is -2.20. The van der Waals surface area contributed by atoms with Crippen molar-refractivity contribution in [3.8, 4) is 5.75 Å². The van der Waals surface area contributed by atoms with E-state index in [1.807, 2.05) is 6.07 Å². The first-order valence-corrected chi connectivity index (χ1v) is 6.96. The molecule has 0 aliphatic heterocycles. The number of ether oxygens (including phenoxy) is 1. The minimum atomic E-state index is -0.000305. The molecule has 1 aromatic carbocycles. The molecule has 0 bridgehead atoms. The molecule has 1 rings (SSSR count). The number of aliphatic hydroxyl groups is 1. The maximum absolute atomic E-state index is 9.22. The number of aliphatic hydroxyl groups excluding tert-OH is 1. The van der Waals surface area contributed by atoms with Crippen molar-refractivity contribution in [1.82, 2.24) is 0 Å². The van der Waals surface area contributed by atoms with Gasteiger partial charge in [0.2, 0.25) is 0 Å². The molecule has 0 unspecified atom stereocenters. The molecule has 0 atom stereocenters. The summed E-state index contributed by atoms with van der Waals surface area (Å²) in [7, 11) is 1.70. The van der Waals surface area contributed by atoms with Gasteiger partial charge in [-0.15, -0.1) is 0 Å². The van der Waals surface area contributed by atoms with Gasteiger partial charge >= 0.3 is 0 Å². The summed E-state index contributed by atoms with van der Waals surface area (Å²) in [5.74, 6) is 0.912. The largest absolute Gasteiger partial charge is 0.496 e. The number of allylic oxidation sites excluding steroid dienone is 1. The molecule has 2 nitrogen and oxygen atoms in total. The van der Waals surface area contributed by atoms with Gasteiger partial charge in [0.1, 0.15) is 5.75 Å². The van der Waals surface area contributed by atoms with E-state index in [2.05, 4.69) is 45.1 Å². The van der Waals surface area contributed by atoms with Crippen LogP contribution in [0, 0.1) is 5.41 Å². The Morgan fingerprint density at radius 1 is 1.32 bits per heavy atom. The molecular weight excluding hydrogens is 236 g/mol. The van der Waals surface area contributed by atoms with Crippen LogP contribution in [0.1, 0.15) is 44.7 Å². The standard InChI is InChI=1S/C17H26O2/c1-5-14-9-10-16(19-4)15(12-14)8-6-7-11-17(2,3)13-18/h6,8-10,12,18H,5,7,11,13H2,1-4H3/b8-6+. The second-order valence-electron chi connectivity index (χ2n) is 5.69. The number of hydrogen-bond donors (Lipinski definition) is 1. The first-order valence-electron chi connectivity index (χ1n) is 6.96. The SMILES string of the molecule is CCc1ccc(OC)c(/C=C/CCC(C)(C)CO)c1. The zero-order valence-corrected chi connectivity index (χ0v) is 12.6. The van der Waals surface area contributed by atoms with Crippen LogP contribution < -0.4 is 4.74 Å². The molecule has 0 amide bonds. The van der Waals surface area contributed by atoms with Crippen LogP contribution in [0.3, 0.4) is 0 Å². The molecule has 106 valence electrons. The number of benzene rings is 1. The van der Waals surface area contributed by atoms with Crippen molar-refractivity contribution in [1.29, 1.82) is 0 Å². The van der Waals surface area contributed by atoms with Gasteiger partial charge in [-0.25, -0.2) is 0 Å². The molecule has 0 saturated heterocycles. The molecule has 0 aliphatic rings. The van der Waals surface area contributed by atoms with Gasteiger partial charge in [0, 0.05) is 12.2 Å². The summed E-state index contributed by atoms with van der Waals surface area (Å²) in [6.45, 7) is 6.55. The van der Waals surface area contributed by atoms with Gasteiger partial charge in [0.05, 0.1) is 7.11 Å². The van der Waals surface area contributed by atoms with Crippen molar-refractivity contribution in [2.45, 2.75) is 40.0 Å². The van der Waals surface area contributed by atoms with Crippen molar-refractivity contribution < 1.29 is 9.84 Å². The lowest BCUT2D eigenvalue weighted by atomic mass is 9.89. The van der Waals surface area contributed by atoms with E-state index in [4.69, 9.17) is 4.74 Å². The van der Waals surface area contributed by atoms with Crippen molar-refractivity contribution in [2.75, 3.05) is 13.7 Å².